The van der Waals surface area contributed by atoms with Gasteiger partial charge in [0.05, 0.1) is 5.52 Å². The molecule has 1 amide bonds. The molecule has 0 bridgehead atoms. The van der Waals surface area contributed by atoms with Gasteiger partial charge in [-0.05, 0) is 35.7 Å². The lowest BCUT2D eigenvalue weighted by Gasteiger charge is -2.11. The Bertz CT molecular complexity index is 1250. The maximum Gasteiger partial charge on any atom is 0.251 e. The van der Waals surface area contributed by atoms with Gasteiger partial charge in [-0.3, -0.25) is 4.79 Å². The Labute approximate surface area is 170 Å². The van der Waals surface area contributed by atoms with E-state index in [-0.39, 0.29) is 5.91 Å². The van der Waals surface area contributed by atoms with E-state index in [4.69, 9.17) is 16.7 Å². The van der Waals surface area contributed by atoms with E-state index in [2.05, 4.69) is 21.2 Å². The van der Waals surface area contributed by atoms with Crippen molar-refractivity contribution >= 4 is 55.6 Å². The molecule has 0 unspecified atom stereocenters. The molecule has 2 aromatic carbocycles. The molecule has 0 atom stereocenters. The molecule has 8 nitrogen and oxygen atoms in total. The summed E-state index contributed by atoms with van der Waals surface area (Å²) >= 11 is 1.64. The highest BCUT2D eigenvalue weighted by molar-refractivity contribution is 7.18. The largest absolute Gasteiger partial charge is 0.355 e. The molecule has 0 saturated heterocycles. The summed E-state index contributed by atoms with van der Waals surface area (Å²) in [5.74, 6) is 11.8. The number of pyridine rings is 1. The van der Waals surface area contributed by atoms with Crippen molar-refractivity contribution in [3.63, 3.8) is 0 Å². The number of nitrogens with one attached hydrogen (secondary N) is 3. The van der Waals surface area contributed by atoms with Gasteiger partial charge in [0.15, 0.2) is 5.84 Å². The van der Waals surface area contributed by atoms with Crippen LogP contribution in [0.5, 0.6) is 0 Å². The van der Waals surface area contributed by atoms with Gasteiger partial charge in [-0.1, -0.05) is 18.2 Å². The SMILES string of the molecule is CNC(=O)c1cccc(Nc2nc3cc(C(=NN)NN)ccc3c3sccc23)c1. The first-order valence-corrected chi connectivity index (χ1v) is 9.67. The number of carbonyl (C=O) groups is 1. The number of amidine groups is 1. The molecular weight excluding hydrogens is 386 g/mol. The summed E-state index contributed by atoms with van der Waals surface area (Å²) in [4.78, 5) is 16.7. The van der Waals surface area contributed by atoms with Crippen LogP contribution in [0.1, 0.15) is 15.9 Å². The summed E-state index contributed by atoms with van der Waals surface area (Å²) < 4.78 is 1.11. The van der Waals surface area contributed by atoms with E-state index in [0.29, 0.717) is 17.2 Å². The number of aromatic nitrogens is 1. The standard InChI is InChI=1S/C20H19N7OS/c1-23-20(28)12-3-2-4-13(9-12)24-19-15-7-8-29-17(15)14-6-5-11(10-16(14)25-19)18(26-21)27-22/h2-10H,21-22H2,1H3,(H,23,28)(H,24,25)(H,26,27). The van der Waals surface area contributed by atoms with Crippen LogP contribution in [-0.2, 0) is 0 Å². The fourth-order valence-corrected chi connectivity index (χ4v) is 4.09. The van der Waals surface area contributed by atoms with Crippen LogP contribution in [0.4, 0.5) is 11.5 Å². The maximum atomic E-state index is 11.9. The molecule has 0 aliphatic carbocycles. The second kappa shape index (κ2) is 7.74. The minimum absolute atomic E-state index is 0.145. The van der Waals surface area contributed by atoms with Crippen LogP contribution in [0.15, 0.2) is 59.0 Å². The molecule has 0 fully saturated rings. The summed E-state index contributed by atoms with van der Waals surface area (Å²) in [6.07, 6.45) is 0. The number of hydrazone groups is 1. The molecule has 29 heavy (non-hydrogen) atoms. The normalized spacial score (nSPS) is 11.6. The van der Waals surface area contributed by atoms with Crippen LogP contribution in [0.25, 0.3) is 21.0 Å². The first kappa shape index (κ1) is 18.7. The molecule has 0 aliphatic rings. The molecular formula is C20H19N7OS. The summed E-state index contributed by atoms with van der Waals surface area (Å²) in [6.45, 7) is 0. The van der Waals surface area contributed by atoms with Gasteiger partial charge in [-0.2, -0.15) is 5.10 Å². The van der Waals surface area contributed by atoms with Gasteiger partial charge in [0.25, 0.3) is 5.91 Å². The zero-order valence-corrected chi connectivity index (χ0v) is 16.4. The van der Waals surface area contributed by atoms with Crippen molar-refractivity contribution in [2.24, 2.45) is 16.8 Å². The van der Waals surface area contributed by atoms with E-state index in [1.165, 1.54) is 0 Å². The van der Waals surface area contributed by atoms with E-state index in [0.717, 1.165) is 32.2 Å². The fraction of sp³-hybridized carbons (Fsp3) is 0.0500. The Kier molecular flexibility index (Phi) is 4.98. The Morgan fingerprint density at radius 1 is 1.10 bits per heavy atom. The van der Waals surface area contributed by atoms with Crippen molar-refractivity contribution in [1.82, 2.24) is 15.7 Å². The van der Waals surface area contributed by atoms with E-state index < -0.39 is 0 Å². The first-order chi connectivity index (χ1) is 14.1. The lowest BCUT2D eigenvalue weighted by atomic mass is 10.1. The molecule has 0 spiro atoms. The number of amides is 1. The zero-order valence-electron chi connectivity index (χ0n) is 15.6. The monoisotopic (exact) mass is 405 g/mol. The smallest absolute Gasteiger partial charge is 0.251 e. The van der Waals surface area contributed by atoms with Crippen molar-refractivity contribution in [3.05, 3.63) is 65.0 Å². The minimum atomic E-state index is -0.145. The molecule has 0 aliphatic heterocycles. The predicted octanol–water partition coefficient (Wildman–Crippen LogP) is 2.64. The third kappa shape index (κ3) is 3.44. The van der Waals surface area contributed by atoms with Gasteiger partial charge in [-0.25, -0.2) is 10.8 Å². The van der Waals surface area contributed by atoms with Crippen LogP contribution in [-0.4, -0.2) is 23.8 Å². The number of hydrogen-bond donors (Lipinski definition) is 5. The van der Waals surface area contributed by atoms with E-state index in [1.54, 1.807) is 30.5 Å². The van der Waals surface area contributed by atoms with E-state index >= 15 is 0 Å². The molecule has 2 aromatic heterocycles. The molecule has 0 saturated carbocycles. The summed E-state index contributed by atoms with van der Waals surface area (Å²) in [6, 6.07) is 15.1. The highest BCUT2D eigenvalue weighted by Crippen LogP contribution is 2.35. The van der Waals surface area contributed by atoms with Crippen molar-refractivity contribution in [1.29, 1.82) is 0 Å². The number of benzene rings is 2. The van der Waals surface area contributed by atoms with Crippen LogP contribution in [0, 0.1) is 0 Å². The number of hydrazine groups is 1. The first-order valence-electron chi connectivity index (χ1n) is 8.79. The third-order valence-electron chi connectivity index (χ3n) is 4.55. The fourth-order valence-electron chi connectivity index (χ4n) is 3.16. The predicted molar refractivity (Wildman–Crippen MR) is 118 cm³/mol. The molecule has 4 rings (SSSR count). The average molecular weight is 405 g/mol. The quantitative estimate of drug-likeness (QED) is 0.154. The van der Waals surface area contributed by atoms with E-state index in [1.807, 2.05) is 41.8 Å². The van der Waals surface area contributed by atoms with E-state index in [9.17, 15) is 4.79 Å². The topological polar surface area (TPSA) is 130 Å². The molecule has 0 radical (unpaired) electrons. The highest BCUT2D eigenvalue weighted by atomic mass is 32.1. The summed E-state index contributed by atoms with van der Waals surface area (Å²) in [7, 11) is 1.61. The van der Waals surface area contributed by atoms with Crippen molar-refractivity contribution in [3.8, 4) is 0 Å². The third-order valence-corrected chi connectivity index (χ3v) is 5.50. The lowest BCUT2D eigenvalue weighted by molar-refractivity contribution is 0.0963. The van der Waals surface area contributed by atoms with Gasteiger partial charge >= 0.3 is 0 Å². The molecule has 146 valence electrons. The zero-order chi connectivity index (χ0) is 20.4. The Morgan fingerprint density at radius 3 is 2.72 bits per heavy atom. The second-order valence-corrected chi connectivity index (χ2v) is 7.18. The number of nitrogens with zero attached hydrogens (tertiary/aromatic N) is 2. The number of thiophene rings is 1. The van der Waals surface area contributed by atoms with Crippen molar-refractivity contribution in [2.45, 2.75) is 0 Å². The number of anilines is 2. The second-order valence-electron chi connectivity index (χ2n) is 6.26. The molecule has 7 N–H and O–H groups in total. The summed E-state index contributed by atoms with van der Waals surface area (Å²) in [5.41, 5.74) is 5.34. The van der Waals surface area contributed by atoms with Gasteiger partial charge < -0.3 is 21.9 Å². The number of hydrogen-bond acceptors (Lipinski definition) is 7. The highest BCUT2D eigenvalue weighted by Gasteiger charge is 2.13. The number of nitrogens with two attached hydrogens (primary N) is 2. The van der Waals surface area contributed by atoms with Crippen LogP contribution in [0.3, 0.4) is 0 Å². The Hall–Kier alpha value is -3.69. The Morgan fingerprint density at radius 2 is 1.97 bits per heavy atom. The van der Waals surface area contributed by atoms with Crippen molar-refractivity contribution in [2.75, 3.05) is 12.4 Å². The van der Waals surface area contributed by atoms with Crippen LogP contribution >= 0.6 is 11.3 Å². The lowest BCUT2D eigenvalue weighted by Crippen LogP contribution is -2.32. The molecule has 4 aromatic rings. The average Bonchev–Trinajstić information content (AvgIpc) is 3.25. The molecule has 9 heteroatoms. The van der Waals surface area contributed by atoms with Gasteiger partial charge in [0, 0.05) is 39.3 Å². The minimum Gasteiger partial charge on any atom is -0.355 e. The van der Waals surface area contributed by atoms with Crippen molar-refractivity contribution < 1.29 is 4.79 Å². The summed E-state index contributed by atoms with van der Waals surface area (Å²) in [5, 5.41) is 13.7. The Balaban J connectivity index is 1.83. The van der Waals surface area contributed by atoms with Gasteiger partial charge in [0.2, 0.25) is 0 Å². The van der Waals surface area contributed by atoms with Crippen LogP contribution in [0.2, 0.25) is 0 Å². The number of fused-ring (bicyclic) bond motifs is 3. The van der Waals surface area contributed by atoms with Gasteiger partial charge in [0.1, 0.15) is 5.82 Å². The number of rotatable bonds is 4. The van der Waals surface area contributed by atoms with Gasteiger partial charge in [-0.15, -0.1) is 11.3 Å². The molecule has 2 heterocycles. The number of carbonyl (C=O) groups excluding carboxylic acids is 1. The van der Waals surface area contributed by atoms with Crippen LogP contribution < -0.4 is 27.7 Å². The maximum absolute atomic E-state index is 11.9.